The molecule has 140 valence electrons. The van der Waals surface area contributed by atoms with Gasteiger partial charge in [-0.3, -0.25) is 4.79 Å². The van der Waals surface area contributed by atoms with Crippen molar-refractivity contribution < 1.29 is 31.8 Å². The number of carbonyl (C=O) groups is 1. The first-order chi connectivity index (χ1) is 12.1. The van der Waals surface area contributed by atoms with E-state index >= 15 is 0 Å². The largest absolute Gasteiger partial charge is 0.497 e. The van der Waals surface area contributed by atoms with Gasteiger partial charge in [-0.15, -0.1) is 0 Å². The van der Waals surface area contributed by atoms with E-state index in [1.54, 1.807) is 26.0 Å². The Morgan fingerprint density at radius 1 is 1.12 bits per heavy atom. The summed E-state index contributed by atoms with van der Waals surface area (Å²) in [6.45, 7) is 3.57. The SMILES string of the molecule is COc1ccc(OC(C)C)c(NC(=O)c2ccc(F)c(C(F)(F)F)c2)c1. The summed E-state index contributed by atoms with van der Waals surface area (Å²) < 4.78 is 62.5. The fourth-order valence-electron chi connectivity index (χ4n) is 2.17. The van der Waals surface area contributed by atoms with Crippen molar-refractivity contribution in [2.75, 3.05) is 12.4 Å². The van der Waals surface area contributed by atoms with Crippen molar-refractivity contribution in [2.24, 2.45) is 0 Å². The van der Waals surface area contributed by atoms with Crippen LogP contribution in [0.15, 0.2) is 36.4 Å². The number of hydrogen-bond acceptors (Lipinski definition) is 3. The minimum atomic E-state index is -4.90. The third-order valence-corrected chi connectivity index (χ3v) is 3.33. The van der Waals surface area contributed by atoms with Crippen LogP contribution in [0.1, 0.15) is 29.8 Å². The van der Waals surface area contributed by atoms with Gasteiger partial charge in [0.15, 0.2) is 0 Å². The second-order valence-electron chi connectivity index (χ2n) is 5.68. The molecule has 0 spiro atoms. The van der Waals surface area contributed by atoms with Gasteiger partial charge in [0.05, 0.1) is 24.5 Å². The van der Waals surface area contributed by atoms with Crippen LogP contribution in [0, 0.1) is 5.82 Å². The monoisotopic (exact) mass is 371 g/mol. The van der Waals surface area contributed by atoms with Crippen LogP contribution in [-0.4, -0.2) is 19.1 Å². The molecule has 1 N–H and O–H groups in total. The van der Waals surface area contributed by atoms with Crippen LogP contribution in [0.4, 0.5) is 23.2 Å². The van der Waals surface area contributed by atoms with Crippen molar-refractivity contribution in [1.29, 1.82) is 0 Å². The summed E-state index contributed by atoms with van der Waals surface area (Å²) in [7, 11) is 1.43. The Kier molecular flexibility index (Phi) is 5.74. The zero-order chi connectivity index (χ0) is 19.5. The molecule has 0 aliphatic heterocycles. The minimum absolute atomic E-state index is 0.193. The number of ether oxygens (including phenoxy) is 2. The second kappa shape index (κ2) is 7.63. The van der Waals surface area contributed by atoms with Gasteiger partial charge in [-0.05, 0) is 44.2 Å². The number of anilines is 1. The summed E-state index contributed by atoms with van der Waals surface area (Å²) in [5.74, 6) is -1.53. The standard InChI is InChI=1S/C18H17F4NO3/c1-10(2)26-16-7-5-12(25-3)9-15(16)23-17(24)11-4-6-14(19)13(8-11)18(20,21)22/h4-10H,1-3H3,(H,23,24). The Bertz CT molecular complexity index is 804. The third kappa shape index (κ3) is 4.65. The van der Waals surface area contributed by atoms with Crippen molar-refractivity contribution in [1.82, 2.24) is 0 Å². The molecule has 26 heavy (non-hydrogen) atoms. The smallest absolute Gasteiger partial charge is 0.419 e. The number of rotatable bonds is 5. The van der Waals surface area contributed by atoms with E-state index in [4.69, 9.17) is 9.47 Å². The molecular weight excluding hydrogens is 354 g/mol. The van der Waals surface area contributed by atoms with E-state index in [0.717, 1.165) is 6.07 Å². The van der Waals surface area contributed by atoms with E-state index in [0.29, 0.717) is 23.6 Å². The van der Waals surface area contributed by atoms with Crippen LogP contribution in [0.3, 0.4) is 0 Å². The van der Waals surface area contributed by atoms with Gasteiger partial charge in [-0.25, -0.2) is 4.39 Å². The Hall–Kier alpha value is -2.77. The van der Waals surface area contributed by atoms with E-state index in [1.807, 2.05) is 0 Å². The molecule has 0 bridgehead atoms. The molecule has 2 aromatic carbocycles. The van der Waals surface area contributed by atoms with Crippen molar-refractivity contribution >= 4 is 11.6 Å². The normalized spacial score (nSPS) is 11.4. The predicted octanol–water partition coefficient (Wildman–Crippen LogP) is 4.89. The number of nitrogens with one attached hydrogen (secondary N) is 1. The lowest BCUT2D eigenvalue weighted by Crippen LogP contribution is -2.16. The summed E-state index contributed by atoms with van der Waals surface area (Å²) in [5, 5.41) is 2.47. The highest BCUT2D eigenvalue weighted by Crippen LogP contribution is 2.33. The lowest BCUT2D eigenvalue weighted by molar-refractivity contribution is -0.140. The van der Waals surface area contributed by atoms with Gasteiger partial charge in [-0.2, -0.15) is 13.2 Å². The number of halogens is 4. The second-order valence-corrected chi connectivity index (χ2v) is 5.68. The number of amides is 1. The molecule has 1 amide bonds. The molecule has 2 rings (SSSR count). The Morgan fingerprint density at radius 2 is 1.81 bits per heavy atom. The number of benzene rings is 2. The number of alkyl halides is 3. The molecular formula is C18H17F4NO3. The van der Waals surface area contributed by atoms with Gasteiger partial charge in [0.2, 0.25) is 0 Å². The topological polar surface area (TPSA) is 47.6 Å². The molecule has 0 aliphatic rings. The maximum atomic E-state index is 13.4. The highest BCUT2D eigenvalue weighted by molar-refractivity contribution is 6.05. The fraction of sp³-hybridized carbons (Fsp3) is 0.278. The van der Waals surface area contributed by atoms with Gasteiger partial charge in [0, 0.05) is 11.6 Å². The molecule has 2 aromatic rings. The van der Waals surface area contributed by atoms with Crippen LogP contribution < -0.4 is 14.8 Å². The van der Waals surface area contributed by atoms with E-state index in [9.17, 15) is 22.4 Å². The van der Waals surface area contributed by atoms with Crippen LogP contribution in [0.25, 0.3) is 0 Å². The van der Waals surface area contributed by atoms with Crippen LogP contribution in [-0.2, 0) is 6.18 Å². The molecule has 0 atom stereocenters. The summed E-state index contributed by atoms with van der Waals surface area (Å²) in [6.07, 6.45) is -5.09. The lowest BCUT2D eigenvalue weighted by atomic mass is 10.1. The average molecular weight is 371 g/mol. The maximum absolute atomic E-state index is 13.4. The average Bonchev–Trinajstić information content (AvgIpc) is 2.55. The minimum Gasteiger partial charge on any atom is -0.497 e. The predicted molar refractivity (Wildman–Crippen MR) is 88.1 cm³/mol. The van der Waals surface area contributed by atoms with Crippen LogP contribution >= 0.6 is 0 Å². The van der Waals surface area contributed by atoms with Gasteiger partial charge in [0.1, 0.15) is 17.3 Å². The van der Waals surface area contributed by atoms with E-state index < -0.39 is 23.5 Å². The first-order valence-electron chi connectivity index (χ1n) is 7.64. The van der Waals surface area contributed by atoms with E-state index in [1.165, 1.54) is 13.2 Å². The summed E-state index contributed by atoms with van der Waals surface area (Å²) >= 11 is 0. The highest BCUT2D eigenvalue weighted by atomic mass is 19.4. The van der Waals surface area contributed by atoms with Crippen molar-refractivity contribution in [2.45, 2.75) is 26.1 Å². The molecule has 0 heterocycles. The van der Waals surface area contributed by atoms with Gasteiger partial charge in [0.25, 0.3) is 5.91 Å². The molecule has 8 heteroatoms. The van der Waals surface area contributed by atoms with Crippen LogP contribution in [0.5, 0.6) is 11.5 Å². The van der Waals surface area contributed by atoms with Crippen molar-refractivity contribution in [3.8, 4) is 11.5 Å². The van der Waals surface area contributed by atoms with Crippen molar-refractivity contribution in [3.05, 3.63) is 53.3 Å². The Balaban J connectivity index is 2.35. The number of carbonyl (C=O) groups excluding carboxylic acids is 1. The molecule has 0 fully saturated rings. The third-order valence-electron chi connectivity index (χ3n) is 3.33. The van der Waals surface area contributed by atoms with Crippen molar-refractivity contribution in [3.63, 3.8) is 0 Å². The molecule has 0 saturated heterocycles. The van der Waals surface area contributed by atoms with E-state index in [-0.39, 0.29) is 17.4 Å². The summed E-state index contributed by atoms with van der Waals surface area (Å²) in [5.41, 5.74) is -1.62. The van der Waals surface area contributed by atoms with Gasteiger partial charge < -0.3 is 14.8 Å². The lowest BCUT2D eigenvalue weighted by Gasteiger charge is -2.16. The summed E-state index contributed by atoms with van der Waals surface area (Å²) in [4.78, 5) is 12.3. The Morgan fingerprint density at radius 3 is 2.38 bits per heavy atom. The molecule has 4 nitrogen and oxygen atoms in total. The van der Waals surface area contributed by atoms with Gasteiger partial charge in [-0.1, -0.05) is 0 Å². The van der Waals surface area contributed by atoms with Crippen LogP contribution in [0.2, 0.25) is 0 Å². The molecule has 0 aromatic heterocycles. The molecule has 0 radical (unpaired) electrons. The van der Waals surface area contributed by atoms with E-state index in [2.05, 4.69) is 5.32 Å². The fourth-order valence-corrected chi connectivity index (χ4v) is 2.17. The zero-order valence-electron chi connectivity index (χ0n) is 14.3. The summed E-state index contributed by atoms with van der Waals surface area (Å²) in [6, 6.07) is 6.71. The number of methoxy groups -OCH3 is 1. The Labute approximate surface area is 147 Å². The number of hydrogen-bond donors (Lipinski definition) is 1. The maximum Gasteiger partial charge on any atom is 0.419 e. The molecule has 0 saturated carbocycles. The first kappa shape index (κ1) is 19.6. The highest BCUT2D eigenvalue weighted by Gasteiger charge is 2.34. The quantitative estimate of drug-likeness (QED) is 0.761. The van der Waals surface area contributed by atoms with Gasteiger partial charge >= 0.3 is 6.18 Å². The molecule has 0 aliphatic carbocycles. The first-order valence-corrected chi connectivity index (χ1v) is 7.64. The molecule has 0 unspecified atom stereocenters. The zero-order valence-corrected chi connectivity index (χ0v) is 14.3.